The van der Waals surface area contributed by atoms with E-state index in [1.165, 1.54) is 57.8 Å². The van der Waals surface area contributed by atoms with Crippen molar-refractivity contribution in [3.8, 4) is 17.2 Å². The van der Waals surface area contributed by atoms with Crippen molar-refractivity contribution in [3.05, 3.63) is 17.7 Å². The lowest BCUT2D eigenvalue weighted by molar-refractivity contribution is 0.465. The van der Waals surface area contributed by atoms with Crippen molar-refractivity contribution in [3.63, 3.8) is 0 Å². The summed E-state index contributed by atoms with van der Waals surface area (Å²) in [5.74, 6) is 2.28. The Morgan fingerprint density at radius 2 is 1.45 bits per heavy atom. The van der Waals surface area contributed by atoms with E-state index in [2.05, 4.69) is 6.92 Å². The molecule has 1 aliphatic rings. The predicted octanol–water partition coefficient (Wildman–Crippen LogP) is 5.96. The highest BCUT2D eigenvalue weighted by Crippen LogP contribution is 2.51. The SMILES string of the molecule is CCCCCCCCCCCCc1c(O)ccc2c1O2. The van der Waals surface area contributed by atoms with Crippen molar-refractivity contribution in [1.29, 1.82) is 0 Å². The fourth-order valence-electron chi connectivity index (χ4n) is 2.81. The summed E-state index contributed by atoms with van der Waals surface area (Å²) in [5.41, 5.74) is 1.02. The number of phenols is 1. The molecule has 0 aliphatic carbocycles. The number of unbranched alkanes of at least 4 members (excludes halogenated alkanes) is 9. The second-order valence-corrected chi connectivity index (χ2v) is 5.92. The Morgan fingerprint density at radius 3 is 2.10 bits per heavy atom. The standard InChI is InChI=1S/C18H28O2/c1-2-3-4-5-6-7-8-9-10-11-12-15-16(19)13-14-17-18(15)20-17/h13-14,19H,2-12H2,1H3. The van der Waals surface area contributed by atoms with Gasteiger partial charge in [0.2, 0.25) is 0 Å². The number of hydrogen-bond acceptors (Lipinski definition) is 2. The van der Waals surface area contributed by atoms with E-state index in [0.29, 0.717) is 5.75 Å². The molecule has 1 heterocycles. The van der Waals surface area contributed by atoms with Gasteiger partial charge in [-0.25, -0.2) is 0 Å². The summed E-state index contributed by atoms with van der Waals surface area (Å²) in [5, 5.41) is 9.79. The summed E-state index contributed by atoms with van der Waals surface area (Å²) >= 11 is 0. The molecule has 0 unspecified atom stereocenters. The molecule has 20 heavy (non-hydrogen) atoms. The van der Waals surface area contributed by atoms with Gasteiger partial charge in [0.15, 0.2) is 11.5 Å². The van der Waals surface area contributed by atoms with Crippen LogP contribution >= 0.6 is 0 Å². The lowest BCUT2D eigenvalue weighted by Gasteiger charge is -2.03. The third-order valence-corrected chi connectivity index (χ3v) is 4.15. The second kappa shape index (κ2) is 8.18. The van der Waals surface area contributed by atoms with Crippen molar-refractivity contribution < 1.29 is 9.84 Å². The molecule has 2 heteroatoms. The fourth-order valence-corrected chi connectivity index (χ4v) is 2.81. The van der Waals surface area contributed by atoms with Crippen LogP contribution in [0, 0.1) is 0 Å². The van der Waals surface area contributed by atoms with Crippen LogP contribution in [-0.4, -0.2) is 5.11 Å². The summed E-state index contributed by atoms with van der Waals surface area (Å²) < 4.78 is 5.33. The second-order valence-electron chi connectivity index (χ2n) is 5.92. The molecule has 0 saturated carbocycles. The summed E-state index contributed by atoms with van der Waals surface area (Å²) in [4.78, 5) is 0. The Balaban J connectivity index is 1.46. The van der Waals surface area contributed by atoms with Gasteiger partial charge < -0.3 is 9.84 Å². The summed E-state index contributed by atoms with van der Waals surface area (Å²) in [6.07, 6.45) is 14.4. The Hall–Kier alpha value is -1.18. The monoisotopic (exact) mass is 276 g/mol. The topological polar surface area (TPSA) is 32.8 Å². The smallest absolute Gasteiger partial charge is 0.177 e. The van der Waals surface area contributed by atoms with Crippen LogP contribution in [-0.2, 0) is 6.42 Å². The molecule has 2 rings (SSSR count). The van der Waals surface area contributed by atoms with E-state index in [1.54, 1.807) is 6.07 Å². The maximum atomic E-state index is 9.79. The summed E-state index contributed by atoms with van der Waals surface area (Å²) in [6, 6.07) is 3.59. The third-order valence-electron chi connectivity index (χ3n) is 4.15. The first-order chi connectivity index (χ1) is 9.83. The van der Waals surface area contributed by atoms with Gasteiger partial charge in [0.1, 0.15) is 5.75 Å². The first-order valence-corrected chi connectivity index (χ1v) is 8.35. The molecule has 1 N–H and O–H groups in total. The zero-order valence-corrected chi connectivity index (χ0v) is 12.8. The Bertz CT molecular complexity index is 408. The molecule has 1 aromatic carbocycles. The van der Waals surface area contributed by atoms with E-state index in [4.69, 9.17) is 4.74 Å². The lowest BCUT2D eigenvalue weighted by Crippen LogP contribution is -1.86. The fraction of sp³-hybridized carbons (Fsp3) is 0.667. The molecular formula is C18H28O2. The molecule has 1 aromatic rings. The Morgan fingerprint density at radius 1 is 0.850 bits per heavy atom. The van der Waals surface area contributed by atoms with Crippen molar-refractivity contribution in [1.82, 2.24) is 0 Å². The minimum atomic E-state index is 0.400. The normalized spacial score (nSPS) is 12.1. The molecule has 0 fully saturated rings. The molecule has 0 radical (unpaired) electrons. The van der Waals surface area contributed by atoms with Crippen molar-refractivity contribution in [2.45, 2.75) is 77.6 Å². The number of ether oxygens (including phenoxy) is 1. The summed E-state index contributed by atoms with van der Waals surface area (Å²) in [6.45, 7) is 2.26. The average Bonchev–Trinajstić information content (AvgIpc) is 3.22. The van der Waals surface area contributed by atoms with Gasteiger partial charge in [-0.05, 0) is 25.0 Å². The number of hydrogen-bond donors (Lipinski definition) is 1. The maximum absolute atomic E-state index is 9.79. The zero-order chi connectivity index (χ0) is 14.2. The van der Waals surface area contributed by atoms with Crippen LogP contribution in [0.1, 0.15) is 76.7 Å². The number of fused-ring (bicyclic) bond motifs is 1. The average molecular weight is 276 g/mol. The number of phenolic OH excluding ortho intramolecular Hbond substituents is 1. The Kier molecular flexibility index (Phi) is 6.23. The molecule has 0 saturated heterocycles. The first-order valence-electron chi connectivity index (χ1n) is 8.35. The minimum Gasteiger partial charge on any atom is -0.508 e. The minimum absolute atomic E-state index is 0.400. The van der Waals surface area contributed by atoms with E-state index >= 15 is 0 Å². The van der Waals surface area contributed by atoms with Gasteiger partial charge in [0.05, 0.1) is 0 Å². The van der Waals surface area contributed by atoms with Crippen molar-refractivity contribution in [2.75, 3.05) is 0 Å². The lowest BCUT2D eigenvalue weighted by atomic mass is 10.0. The van der Waals surface area contributed by atoms with Gasteiger partial charge in [-0.2, -0.15) is 0 Å². The third kappa shape index (κ3) is 4.73. The van der Waals surface area contributed by atoms with Gasteiger partial charge in [0.25, 0.3) is 0 Å². The van der Waals surface area contributed by atoms with E-state index in [-0.39, 0.29) is 0 Å². The molecule has 2 nitrogen and oxygen atoms in total. The number of rotatable bonds is 11. The van der Waals surface area contributed by atoms with E-state index in [1.807, 2.05) is 6.07 Å². The van der Waals surface area contributed by atoms with Crippen LogP contribution in [0.3, 0.4) is 0 Å². The van der Waals surface area contributed by atoms with Gasteiger partial charge >= 0.3 is 0 Å². The van der Waals surface area contributed by atoms with Gasteiger partial charge in [-0.3, -0.25) is 0 Å². The van der Waals surface area contributed by atoms with Crippen LogP contribution in [0.25, 0.3) is 0 Å². The number of benzene rings is 1. The molecule has 0 bridgehead atoms. The molecule has 0 atom stereocenters. The molecule has 0 aromatic heterocycles. The van der Waals surface area contributed by atoms with Gasteiger partial charge in [-0.15, -0.1) is 0 Å². The molecule has 0 amide bonds. The maximum Gasteiger partial charge on any atom is 0.177 e. The molecule has 0 spiro atoms. The van der Waals surface area contributed by atoms with Gasteiger partial charge in [0, 0.05) is 5.56 Å². The van der Waals surface area contributed by atoms with Crippen LogP contribution in [0.15, 0.2) is 12.1 Å². The van der Waals surface area contributed by atoms with Crippen molar-refractivity contribution in [2.24, 2.45) is 0 Å². The van der Waals surface area contributed by atoms with E-state index in [9.17, 15) is 5.11 Å². The van der Waals surface area contributed by atoms with Crippen LogP contribution < -0.4 is 4.74 Å². The molecule has 112 valence electrons. The zero-order valence-electron chi connectivity index (χ0n) is 12.8. The van der Waals surface area contributed by atoms with Crippen LogP contribution in [0.5, 0.6) is 17.2 Å². The quantitative estimate of drug-likeness (QED) is 0.405. The molecule has 1 aliphatic heterocycles. The summed E-state index contributed by atoms with van der Waals surface area (Å²) in [7, 11) is 0. The Labute approximate surface area is 123 Å². The van der Waals surface area contributed by atoms with E-state index < -0.39 is 0 Å². The van der Waals surface area contributed by atoms with Crippen LogP contribution in [0.4, 0.5) is 0 Å². The highest BCUT2D eigenvalue weighted by Gasteiger charge is 2.26. The van der Waals surface area contributed by atoms with Gasteiger partial charge in [-0.1, -0.05) is 64.7 Å². The highest BCUT2D eigenvalue weighted by molar-refractivity contribution is 5.63. The predicted molar refractivity (Wildman–Crippen MR) is 83.7 cm³/mol. The largest absolute Gasteiger partial charge is 0.508 e. The highest BCUT2D eigenvalue weighted by atomic mass is 16.6. The first kappa shape index (κ1) is 15.2. The van der Waals surface area contributed by atoms with Crippen LogP contribution in [0.2, 0.25) is 0 Å². The van der Waals surface area contributed by atoms with E-state index in [0.717, 1.165) is 29.9 Å². The molecular weight excluding hydrogens is 248 g/mol. The number of aromatic hydroxyl groups is 1. The van der Waals surface area contributed by atoms with Crippen molar-refractivity contribution >= 4 is 0 Å².